The summed E-state index contributed by atoms with van der Waals surface area (Å²) in [5, 5.41) is 14.8. The molecule has 7 nitrogen and oxygen atoms in total. The van der Waals surface area contributed by atoms with Crippen molar-refractivity contribution in [1.82, 2.24) is 5.32 Å². The second-order valence-corrected chi connectivity index (χ2v) is 10.5. The molecular weight excluding hydrogens is 468 g/mol. The summed E-state index contributed by atoms with van der Waals surface area (Å²) in [5.74, 6) is 0.861. The molecule has 4 heterocycles. The van der Waals surface area contributed by atoms with Crippen molar-refractivity contribution in [3.8, 4) is 0 Å². The number of benzene rings is 2. The number of aryl methyl sites for hydroxylation is 2. The Morgan fingerprint density at radius 3 is 2.16 bits per heavy atom. The Morgan fingerprint density at radius 1 is 1.03 bits per heavy atom. The van der Waals surface area contributed by atoms with Crippen LogP contribution in [0.5, 0.6) is 0 Å². The van der Waals surface area contributed by atoms with E-state index in [4.69, 9.17) is 9.15 Å². The number of carbonyl (C=O) groups is 2. The van der Waals surface area contributed by atoms with Gasteiger partial charge < -0.3 is 24.1 Å². The first-order valence-electron chi connectivity index (χ1n) is 13.1. The van der Waals surface area contributed by atoms with E-state index in [9.17, 15) is 14.7 Å². The van der Waals surface area contributed by atoms with Gasteiger partial charge in [0.15, 0.2) is 6.10 Å². The molecule has 3 aliphatic heterocycles. The number of hydrogen-bond donors (Lipinski definition) is 2. The largest absolute Gasteiger partial charge is 0.466 e. The van der Waals surface area contributed by atoms with Crippen molar-refractivity contribution in [3.05, 3.63) is 94.9 Å². The van der Waals surface area contributed by atoms with Crippen LogP contribution >= 0.6 is 0 Å². The van der Waals surface area contributed by atoms with Crippen LogP contribution in [0.3, 0.4) is 0 Å². The van der Waals surface area contributed by atoms with Crippen LogP contribution in [0.25, 0.3) is 0 Å². The number of fused-ring (bicyclic) bond motifs is 3. The fraction of sp³-hybridized carbons (Fsp3) is 0.400. The summed E-state index contributed by atoms with van der Waals surface area (Å²) in [6.07, 6.45) is 1.64. The van der Waals surface area contributed by atoms with Gasteiger partial charge in [0, 0.05) is 18.8 Å². The normalized spacial score (nSPS) is 23.0. The van der Waals surface area contributed by atoms with Gasteiger partial charge in [-0.15, -0.1) is 0 Å². The van der Waals surface area contributed by atoms with Crippen LogP contribution in [0.1, 0.15) is 45.8 Å². The van der Waals surface area contributed by atoms with E-state index in [0.717, 1.165) is 42.7 Å². The number of ether oxygens (including phenoxy) is 1. The van der Waals surface area contributed by atoms with E-state index in [1.807, 2.05) is 43.3 Å². The summed E-state index contributed by atoms with van der Waals surface area (Å²) < 4.78 is 12.4. The first-order chi connectivity index (χ1) is 17.8. The van der Waals surface area contributed by atoms with E-state index in [1.165, 1.54) is 0 Å². The molecule has 1 atom stereocenters. The third kappa shape index (κ3) is 4.93. The number of carbonyl (C=O) groups excluding carboxylic acids is 2. The Morgan fingerprint density at radius 2 is 1.62 bits per heavy atom. The third-order valence-corrected chi connectivity index (χ3v) is 8.14. The number of aliphatic hydroxyl groups is 1. The van der Waals surface area contributed by atoms with Crippen LogP contribution in [0.4, 0.5) is 0 Å². The van der Waals surface area contributed by atoms with Crippen molar-refractivity contribution in [3.63, 3.8) is 0 Å². The molecule has 6 rings (SSSR count). The van der Waals surface area contributed by atoms with Gasteiger partial charge in [-0.1, -0.05) is 60.7 Å². The fourth-order valence-electron chi connectivity index (χ4n) is 6.01. The molecule has 7 heteroatoms. The maximum atomic E-state index is 13.7. The molecule has 37 heavy (non-hydrogen) atoms. The van der Waals surface area contributed by atoms with Gasteiger partial charge in [-0.3, -0.25) is 4.79 Å². The topological polar surface area (TPSA) is 88.8 Å². The fourth-order valence-corrected chi connectivity index (χ4v) is 6.01. The highest BCUT2D eigenvalue weighted by molar-refractivity contribution is 5.95. The molecule has 2 N–H and O–H groups in total. The number of quaternary nitrogens is 1. The van der Waals surface area contributed by atoms with Gasteiger partial charge in [0.25, 0.3) is 5.91 Å². The second-order valence-electron chi connectivity index (χ2n) is 10.5. The molecule has 1 unspecified atom stereocenters. The Bertz CT molecular complexity index is 1210. The number of rotatable bonds is 8. The summed E-state index contributed by atoms with van der Waals surface area (Å²) in [7, 11) is 0. The first-order valence-corrected chi connectivity index (χ1v) is 13.1. The highest BCUT2D eigenvalue weighted by Crippen LogP contribution is 2.38. The van der Waals surface area contributed by atoms with Crippen LogP contribution in [-0.2, 0) is 15.1 Å². The number of esters is 1. The van der Waals surface area contributed by atoms with E-state index in [2.05, 4.69) is 5.32 Å². The van der Waals surface area contributed by atoms with Crippen LogP contribution in [0.2, 0.25) is 0 Å². The zero-order valence-electron chi connectivity index (χ0n) is 21.5. The Labute approximate surface area is 217 Å². The highest BCUT2D eigenvalue weighted by Gasteiger charge is 2.50. The number of nitrogens with zero attached hydrogens (tertiary/aromatic N) is 1. The summed E-state index contributed by atoms with van der Waals surface area (Å²) >= 11 is 0. The van der Waals surface area contributed by atoms with Gasteiger partial charge in [-0.25, -0.2) is 4.79 Å². The summed E-state index contributed by atoms with van der Waals surface area (Å²) in [4.78, 5) is 26.3. The zero-order valence-corrected chi connectivity index (χ0v) is 21.5. The molecule has 0 saturated carbocycles. The number of amides is 1. The predicted octanol–water partition coefficient (Wildman–Crippen LogP) is 3.71. The highest BCUT2D eigenvalue weighted by atomic mass is 16.6. The van der Waals surface area contributed by atoms with Crippen molar-refractivity contribution in [2.75, 3.05) is 32.7 Å². The Balaban J connectivity index is 1.28. The number of piperidine rings is 3. The molecule has 2 bridgehead atoms. The predicted molar refractivity (Wildman–Crippen MR) is 139 cm³/mol. The standard InChI is InChI=1S/C30H34N2O5/c1-21-19-26(22(2)36-21)28(33)31-15-18-32-16-13-23(14-17-32)27(20-32)37-29(34)30(35,24-9-5-3-6-10-24)25-11-7-4-8-12-25/h3-12,19,23,27,35H,13-18,20H2,1-2H3/p+1. The van der Waals surface area contributed by atoms with E-state index in [-0.39, 0.29) is 17.9 Å². The smallest absolute Gasteiger partial charge is 0.348 e. The van der Waals surface area contributed by atoms with Crippen LogP contribution in [0, 0.1) is 19.8 Å². The van der Waals surface area contributed by atoms with E-state index < -0.39 is 11.6 Å². The molecule has 3 saturated heterocycles. The lowest BCUT2D eigenvalue weighted by molar-refractivity contribution is -0.945. The van der Waals surface area contributed by atoms with E-state index in [1.54, 1.807) is 37.3 Å². The lowest BCUT2D eigenvalue weighted by atomic mass is 9.82. The van der Waals surface area contributed by atoms with Crippen LogP contribution in [0.15, 0.2) is 71.1 Å². The van der Waals surface area contributed by atoms with Gasteiger partial charge in [-0.2, -0.15) is 0 Å². The molecule has 0 radical (unpaired) electrons. The summed E-state index contributed by atoms with van der Waals surface area (Å²) in [6.45, 7) is 7.62. The quantitative estimate of drug-likeness (QED) is 0.361. The van der Waals surface area contributed by atoms with E-state index in [0.29, 0.717) is 35.5 Å². The minimum Gasteiger partial charge on any atom is -0.466 e. The minimum absolute atomic E-state index is 0.127. The number of furan rings is 1. The van der Waals surface area contributed by atoms with Crippen molar-refractivity contribution in [2.45, 2.75) is 38.4 Å². The molecule has 1 amide bonds. The molecule has 3 fully saturated rings. The molecule has 0 spiro atoms. The maximum absolute atomic E-state index is 13.7. The van der Waals surface area contributed by atoms with Crippen molar-refractivity contribution < 1.29 is 28.3 Å². The monoisotopic (exact) mass is 503 g/mol. The molecule has 2 aromatic carbocycles. The number of hydrogen-bond acceptors (Lipinski definition) is 5. The Kier molecular flexibility index (Phi) is 6.92. The molecule has 3 aromatic rings. The molecule has 3 aliphatic rings. The summed E-state index contributed by atoms with van der Waals surface area (Å²) in [6, 6.07) is 19.7. The van der Waals surface area contributed by atoms with Gasteiger partial charge in [0.05, 0.1) is 31.7 Å². The first kappa shape index (κ1) is 25.2. The number of nitrogens with one attached hydrogen (secondary N) is 1. The Hall–Kier alpha value is -3.42. The SMILES string of the molecule is Cc1cc(C(=O)NCC[N+]23CCC(CC2)C(OC(=O)C(O)(c2ccccc2)c2ccccc2)C3)c(C)o1. The molecular formula is C30H35N2O5+. The molecule has 0 aliphatic carbocycles. The van der Waals surface area contributed by atoms with Crippen LogP contribution < -0.4 is 5.32 Å². The van der Waals surface area contributed by atoms with Gasteiger partial charge >= 0.3 is 5.97 Å². The maximum Gasteiger partial charge on any atom is 0.348 e. The van der Waals surface area contributed by atoms with Gasteiger partial charge in [0.2, 0.25) is 5.60 Å². The van der Waals surface area contributed by atoms with Gasteiger partial charge in [-0.05, 0) is 31.0 Å². The summed E-state index contributed by atoms with van der Waals surface area (Å²) in [5.41, 5.74) is -0.330. The molecule has 194 valence electrons. The van der Waals surface area contributed by atoms with Crippen molar-refractivity contribution in [2.24, 2.45) is 5.92 Å². The zero-order chi connectivity index (χ0) is 26.0. The van der Waals surface area contributed by atoms with E-state index >= 15 is 0 Å². The van der Waals surface area contributed by atoms with Crippen LogP contribution in [-0.4, -0.2) is 60.3 Å². The lowest BCUT2D eigenvalue weighted by Gasteiger charge is -2.52. The van der Waals surface area contributed by atoms with Crippen molar-refractivity contribution >= 4 is 11.9 Å². The lowest BCUT2D eigenvalue weighted by Crippen LogP contribution is -2.66. The van der Waals surface area contributed by atoms with Gasteiger partial charge in [0.1, 0.15) is 18.1 Å². The average Bonchev–Trinajstić information content (AvgIpc) is 3.27. The third-order valence-electron chi connectivity index (χ3n) is 8.14. The van der Waals surface area contributed by atoms with Crippen molar-refractivity contribution in [1.29, 1.82) is 0 Å². The average molecular weight is 504 g/mol. The minimum atomic E-state index is -1.88. The molecule has 1 aromatic heterocycles. The second kappa shape index (κ2) is 10.1.